The van der Waals surface area contributed by atoms with Crippen LogP contribution in [0.2, 0.25) is 0 Å². The number of hydrogen-bond acceptors (Lipinski definition) is 5. The molecule has 3 aromatic rings. The molecule has 0 saturated heterocycles. The van der Waals surface area contributed by atoms with Gasteiger partial charge in [0.05, 0.1) is 23.8 Å². The van der Waals surface area contributed by atoms with Gasteiger partial charge >= 0.3 is 6.18 Å². The number of nitrogens with zero attached hydrogens (tertiary/aromatic N) is 6. The lowest BCUT2D eigenvalue weighted by molar-refractivity contribution is -0.137. The molecular formula is C24H18F3N7O. The molecule has 1 N–H and O–H groups in total. The zero-order valence-electron chi connectivity index (χ0n) is 18.6. The summed E-state index contributed by atoms with van der Waals surface area (Å²) < 4.78 is 41.7. The van der Waals surface area contributed by atoms with Crippen molar-refractivity contribution in [2.75, 3.05) is 10.2 Å². The quantitative estimate of drug-likeness (QED) is 0.508. The minimum atomic E-state index is -4.56. The van der Waals surface area contributed by atoms with Crippen LogP contribution in [0.15, 0.2) is 59.9 Å². The largest absolute Gasteiger partial charge is 0.416 e. The average molecular weight is 477 g/mol. The van der Waals surface area contributed by atoms with Crippen LogP contribution in [0.3, 0.4) is 0 Å². The highest BCUT2D eigenvalue weighted by molar-refractivity contribution is 5.89. The smallest absolute Gasteiger partial charge is 0.294 e. The molecule has 0 unspecified atom stereocenters. The number of fused-ring (bicyclic) bond motifs is 1. The molecule has 1 amide bonds. The van der Waals surface area contributed by atoms with Crippen molar-refractivity contribution >= 4 is 23.5 Å². The predicted molar refractivity (Wildman–Crippen MR) is 121 cm³/mol. The molecule has 1 aliphatic rings. The van der Waals surface area contributed by atoms with Crippen LogP contribution in [0.5, 0.6) is 0 Å². The first-order chi connectivity index (χ1) is 16.7. The van der Waals surface area contributed by atoms with Crippen LogP contribution in [0.25, 0.3) is 4.85 Å². The summed E-state index contributed by atoms with van der Waals surface area (Å²) in [5.74, 6) is -0.250. The van der Waals surface area contributed by atoms with E-state index >= 15 is 0 Å². The van der Waals surface area contributed by atoms with Crippen molar-refractivity contribution < 1.29 is 18.0 Å². The van der Waals surface area contributed by atoms with Crippen molar-refractivity contribution in [1.82, 2.24) is 14.8 Å². The number of nitriles is 1. The third-order valence-electron chi connectivity index (χ3n) is 5.50. The molecule has 2 aromatic carbocycles. The Morgan fingerprint density at radius 2 is 1.97 bits per heavy atom. The Labute approximate surface area is 198 Å². The summed E-state index contributed by atoms with van der Waals surface area (Å²) in [6.45, 7) is 11.1. The fourth-order valence-corrected chi connectivity index (χ4v) is 3.80. The Bertz CT molecular complexity index is 1410. The van der Waals surface area contributed by atoms with E-state index in [0.717, 1.165) is 12.1 Å². The number of allylic oxidation sites excluding steroid dienone is 2. The van der Waals surface area contributed by atoms with Crippen molar-refractivity contribution in [2.24, 2.45) is 0 Å². The Kier molecular flexibility index (Phi) is 6.01. The van der Waals surface area contributed by atoms with Crippen molar-refractivity contribution in [2.45, 2.75) is 32.5 Å². The molecule has 1 atom stereocenters. The maximum absolute atomic E-state index is 13.4. The van der Waals surface area contributed by atoms with Gasteiger partial charge in [0.1, 0.15) is 6.04 Å². The third-order valence-corrected chi connectivity index (χ3v) is 5.50. The number of nitrogens with one attached hydrogen (secondary N) is 1. The van der Waals surface area contributed by atoms with Gasteiger partial charge < -0.3 is 0 Å². The summed E-state index contributed by atoms with van der Waals surface area (Å²) in [7, 11) is 0. The van der Waals surface area contributed by atoms with Gasteiger partial charge in [0, 0.05) is 17.8 Å². The van der Waals surface area contributed by atoms with E-state index in [0.29, 0.717) is 16.8 Å². The van der Waals surface area contributed by atoms with Crippen molar-refractivity contribution in [1.29, 1.82) is 5.26 Å². The summed E-state index contributed by atoms with van der Waals surface area (Å²) in [6, 6.07) is 12.5. The Hall–Kier alpha value is -4.64. The Morgan fingerprint density at radius 1 is 1.26 bits per heavy atom. The van der Waals surface area contributed by atoms with E-state index in [1.165, 1.54) is 21.7 Å². The van der Waals surface area contributed by atoms with Gasteiger partial charge in [0.15, 0.2) is 0 Å². The number of aromatic nitrogens is 3. The molecule has 1 aliphatic heterocycles. The lowest BCUT2D eigenvalue weighted by Crippen LogP contribution is -2.30. The molecule has 35 heavy (non-hydrogen) atoms. The maximum atomic E-state index is 13.4. The minimum absolute atomic E-state index is 0.0403. The maximum Gasteiger partial charge on any atom is 0.416 e. The molecule has 8 nitrogen and oxygen atoms in total. The van der Waals surface area contributed by atoms with Crippen molar-refractivity contribution in [3.63, 3.8) is 0 Å². The first kappa shape index (κ1) is 23.5. The van der Waals surface area contributed by atoms with Gasteiger partial charge in [-0.15, -0.1) is 5.10 Å². The molecule has 4 rings (SSSR count). The van der Waals surface area contributed by atoms with E-state index in [4.69, 9.17) is 11.8 Å². The number of alkyl halides is 3. The Balaban J connectivity index is 1.94. The topological polar surface area (TPSA) is 91.2 Å². The summed E-state index contributed by atoms with van der Waals surface area (Å²) >= 11 is 0. The summed E-state index contributed by atoms with van der Waals surface area (Å²) in [6.07, 6.45) is -4.39. The van der Waals surface area contributed by atoms with Crippen molar-refractivity contribution in [3.8, 4) is 6.07 Å². The molecule has 0 bridgehead atoms. The van der Waals surface area contributed by atoms with Gasteiger partial charge in [0.2, 0.25) is 17.6 Å². The van der Waals surface area contributed by atoms with Crippen LogP contribution < -0.4 is 10.2 Å². The van der Waals surface area contributed by atoms with Gasteiger partial charge in [-0.25, -0.2) is 9.53 Å². The molecule has 2 heterocycles. The fourth-order valence-electron chi connectivity index (χ4n) is 3.80. The summed E-state index contributed by atoms with van der Waals surface area (Å²) in [4.78, 5) is 21.5. The fraction of sp³-hybridized carbons (Fsp3) is 0.208. The number of hydrogen-bond donors (Lipinski definition) is 1. The molecule has 176 valence electrons. The zero-order valence-corrected chi connectivity index (χ0v) is 18.6. The van der Waals surface area contributed by atoms with Gasteiger partial charge in [-0.3, -0.25) is 15.0 Å². The highest BCUT2D eigenvalue weighted by Crippen LogP contribution is 2.44. The van der Waals surface area contributed by atoms with E-state index in [1.807, 2.05) is 6.07 Å². The Morgan fingerprint density at radius 3 is 2.57 bits per heavy atom. The SMILES string of the molecule is [C-]#[N+]C1=C(C)N(c2cccc(C(F)(F)F)c2)c2nc(NC(=O)CC)nn2[C@@H]1c1ccc(C#N)cc1. The van der Waals surface area contributed by atoms with Crippen LogP contribution in [0.4, 0.5) is 30.8 Å². The molecule has 0 spiro atoms. The van der Waals surface area contributed by atoms with E-state index in [9.17, 15) is 18.0 Å². The van der Waals surface area contributed by atoms with E-state index in [1.54, 1.807) is 38.1 Å². The zero-order chi connectivity index (χ0) is 25.3. The van der Waals surface area contributed by atoms with E-state index < -0.39 is 17.8 Å². The minimum Gasteiger partial charge on any atom is -0.294 e. The molecule has 0 saturated carbocycles. The predicted octanol–water partition coefficient (Wildman–Crippen LogP) is 5.41. The third kappa shape index (κ3) is 4.32. The molecule has 0 radical (unpaired) electrons. The number of amides is 1. The van der Waals surface area contributed by atoms with Crippen LogP contribution in [0.1, 0.15) is 43.0 Å². The lowest BCUT2D eigenvalue weighted by atomic mass is 9.99. The van der Waals surface area contributed by atoms with Gasteiger partial charge in [-0.2, -0.15) is 23.4 Å². The number of carbonyl (C=O) groups excluding carboxylic acids is 1. The summed E-state index contributed by atoms with van der Waals surface area (Å²) in [5, 5.41) is 16.1. The first-order valence-electron chi connectivity index (χ1n) is 10.5. The normalized spacial score (nSPS) is 15.3. The lowest BCUT2D eigenvalue weighted by Gasteiger charge is -2.34. The number of carbonyl (C=O) groups is 1. The highest BCUT2D eigenvalue weighted by atomic mass is 19.4. The van der Waals surface area contributed by atoms with E-state index in [2.05, 4.69) is 20.2 Å². The highest BCUT2D eigenvalue weighted by Gasteiger charge is 2.37. The van der Waals surface area contributed by atoms with Crippen LogP contribution in [-0.4, -0.2) is 20.7 Å². The number of halogens is 3. The molecule has 1 aromatic heterocycles. The molecular weight excluding hydrogens is 459 g/mol. The summed E-state index contributed by atoms with van der Waals surface area (Å²) in [5.41, 5.74) is 0.901. The second-order valence-electron chi connectivity index (χ2n) is 7.68. The monoisotopic (exact) mass is 477 g/mol. The van der Waals surface area contributed by atoms with Crippen LogP contribution in [0, 0.1) is 17.9 Å². The first-order valence-corrected chi connectivity index (χ1v) is 10.5. The standard InChI is InChI=1S/C24H18F3N7O/c1-4-19(35)30-22-31-23-33(18-7-5-6-17(12-18)24(25,26)27)14(2)20(29-3)21(34(23)32-22)16-10-8-15(13-28)9-11-16/h5-12,21H,4H2,1-2H3,(H,30,32,35)/t21-/m1/s1. The van der Waals surface area contributed by atoms with Crippen LogP contribution >= 0.6 is 0 Å². The van der Waals surface area contributed by atoms with E-state index in [-0.39, 0.29) is 35.6 Å². The number of rotatable bonds is 4. The number of anilines is 3. The van der Waals surface area contributed by atoms with Gasteiger partial charge in [0.25, 0.3) is 5.95 Å². The molecule has 0 fully saturated rings. The second-order valence-corrected chi connectivity index (χ2v) is 7.68. The average Bonchev–Trinajstić information content (AvgIpc) is 3.25. The second kappa shape index (κ2) is 8.95. The molecule has 11 heteroatoms. The number of benzene rings is 2. The molecule has 0 aliphatic carbocycles. The van der Waals surface area contributed by atoms with Crippen LogP contribution in [-0.2, 0) is 11.0 Å². The van der Waals surface area contributed by atoms with Gasteiger partial charge in [-0.05, 0) is 42.8 Å². The van der Waals surface area contributed by atoms with Gasteiger partial charge in [-0.1, -0.05) is 25.1 Å². The van der Waals surface area contributed by atoms with Crippen molar-refractivity contribution in [3.05, 3.63) is 88.0 Å².